The van der Waals surface area contributed by atoms with Crippen molar-refractivity contribution in [2.45, 2.75) is 13.8 Å². The van der Waals surface area contributed by atoms with Crippen LogP contribution in [0.1, 0.15) is 16.7 Å². The first-order valence-corrected chi connectivity index (χ1v) is 9.69. The molecule has 2 aromatic rings. The maximum Gasteiger partial charge on any atom is 0.335 e. The fourth-order valence-electron chi connectivity index (χ4n) is 3.08. The van der Waals surface area contributed by atoms with E-state index in [1.54, 1.807) is 18.2 Å². The van der Waals surface area contributed by atoms with Crippen LogP contribution in [0.4, 0.5) is 10.5 Å². The number of nitrogens with one attached hydrogen (secondary N) is 1. The zero-order chi connectivity index (χ0) is 22.0. The summed E-state index contributed by atoms with van der Waals surface area (Å²) in [5, 5.41) is 2.61. The minimum Gasteiger partial charge on any atom is -0.486 e. The number of aryl methyl sites for hydroxylation is 2. The summed E-state index contributed by atoms with van der Waals surface area (Å²) in [6.45, 7) is 7.48. The fourth-order valence-corrected chi connectivity index (χ4v) is 3.69. The lowest BCUT2D eigenvalue weighted by molar-refractivity contribution is -0.122. The van der Waals surface area contributed by atoms with Crippen molar-refractivity contribution in [3.63, 3.8) is 0 Å². The van der Waals surface area contributed by atoms with Gasteiger partial charge in [-0.05, 0) is 60.9 Å². The highest BCUT2D eigenvalue weighted by molar-refractivity contribution is 6.40. The van der Waals surface area contributed by atoms with Gasteiger partial charge < -0.3 is 4.74 Å². The second-order valence-corrected chi connectivity index (χ2v) is 7.53. The number of hydrogen-bond donors (Lipinski definition) is 1. The number of halogens is 2. The second-order valence-electron chi connectivity index (χ2n) is 6.72. The SMILES string of the molecule is C=CCOc1c(Cl)cc(/C=C2\C(=O)NC(=O)N(c3cc(C)cc(C)c3)C2=O)cc1Cl. The number of carbonyl (C=O) groups is 3. The number of imide groups is 2. The molecule has 2 aromatic carbocycles. The minimum atomic E-state index is -0.809. The van der Waals surface area contributed by atoms with Crippen molar-refractivity contribution in [2.75, 3.05) is 11.5 Å². The van der Waals surface area contributed by atoms with Crippen LogP contribution in [0.5, 0.6) is 5.75 Å². The number of hydrogen-bond acceptors (Lipinski definition) is 4. The van der Waals surface area contributed by atoms with Crippen LogP contribution in [0, 0.1) is 13.8 Å². The third-order valence-electron chi connectivity index (χ3n) is 4.24. The van der Waals surface area contributed by atoms with Crippen molar-refractivity contribution in [3.8, 4) is 5.75 Å². The van der Waals surface area contributed by atoms with Crippen molar-refractivity contribution in [3.05, 3.63) is 75.3 Å². The van der Waals surface area contributed by atoms with E-state index in [-0.39, 0.29) is 28.0 Å². The molecule has 6 nitrogen and oxygen atoms in total. The van der Waals surface area contributed by atoms with Crippen LogP contribution in [0.3, 0.4) is 0 Å². The molecule has 0 radical (unpaired) electrons. The van der Waals surface area contributed by atoms with E-state index in [2.05, 4.69) is 11.9 Å². The van der Waals surface area contributed by atoms with Crippen molar-refractivity contribution < 1.29 is 19.1 Å². The molecule has 1 N–H and O–H groups in total. The maximum atomic E-state index is 13.0. The third-order valence-corrected chi connectivity index (χ3v) is 4.80. The summed E-state index contributed by atoms with van der Waals surface area (Å²) in [7, 11) is 0. The monoisotopic (exact) mass is 444 g/mol. The van der Waals surface area contributed by atoms with E-state index in [0.29, 0.717) is 11.3 Å². The van der Waals surface area contributed by atoms with Gasteiger partial charge in [-0.1, -0.05) is 41.9 Å². The number of anilines is 1. The summed E-state index contributed by atoms with van der Waals surface area (Å²) in [6.07, 6.45) is 2.88. The minimum absolute atomic E-state index is 0.210. The summed E-state index contributed by atoms with van der Waals surface area (Å²) in [6, 6.07) is 7.51. The molecule has 8 heteroatoms. The number of benzene rings is 2. The van der Waals surface area contributed by atoms with E-state index < -0.39 is 17.8 Å². The molecule has 0 atom stereocenters. The predicted molar refractivity (Wildman–Crippen MR) is 117 cm³/mol. The number of carbonyl (C=O) groups excluding carboxylic acids is 3. The topological polar surface area (TPSA) is 75.7 Å². The Kier molecular flexibility index (Phi) is 6.29. The van der Waals surface area contributed by atoms with Crippen molar-refractivity contribution in [2.24, 2.45) is 0 Å². The van der Waals surface area contributed by atoms with Gasteiger partial charge in [0.1, 0.15) is 12.2 Å². The first-order valence-electron chi connectivity index (χ1n) is 8.93. The van der Waals surface area contributed by atoms with Gasteiger partial charge in [0.05, 0.1) is 15.7 Å². The molecule has 0 aliphatic carbocycles. The van der Waals surface area contributed by atoms with Gasteiger partial charge in [-0.3, -0.25) is 14.9 Å². The van der Waals surface area contributed by atoms with Gasteiger partial charge >= 0.3 is 6.03 Å². The highest BCUT2D eigenvalue weighted by Gasteiger charge is 2.37. The Morgan fingerprint density at radius 3 is 2.20 bits per heavy atom. The maximum absolute atomic E-state index is 13.0. The molecule has 4 amide bonds. The molecule has 1 saturated heterocycles. The number of nitrogens with zero attached hydrogens (tertiary/aromatic N) is 1. The molecule has 0 saturated carbocycles. The lowest BCUT2D eigenvalue weighted by Gasteiger charge is -2.27. The van der Waals surface area contributed by atoms with Gasteiger partial charge in [0, 0.05) is 0 Å². The Bertz CT molecular complexity index is 1070. The molecule has 1 fully saturated rings. The Hall–Kier alpha value is -3.09. The third kappa shape index (κ3) is 4.40. The summed E-state index contributed by atoms with van der Waals surface area (Å²) < 4.78 is 5.41. The molecular weight excluding hydrogens is 427 g/mol. The molecule has 0 bridgehead atoms. The molecule has 1 aliphatic heterocycles. The van der Waals surface area contributed by atoms with Gasteiger partial charge in [-0.2, -0.15) is 0 Å². The van der Waals surface area contributed by atoms with Gasteiger partial charge in [0.15, 0.2) is 5.75 Å². The zero-order valence-corrected chi connectivity index (χ0v) is 17.8. The summed E-state index contributed by atoms with van der Waals surface area (Å²) >= 11 is 12.4. The summed E-state index contributed by atoms with van der Waals surface area (Å²) in [5.74, 6) is -1.27. The average molecular weight is 445 g/mol. The first-order chi connectivity index (χ1) is 14.2. The van der Waals surface area contributed by atoms with Crippen LogP contribution in [0.15, 0.2) is 48.6 Å². The fraction of sp³-hybridized carbons (Fsp3) is 0.136. The number of rotatable bonds is 5. The number of barbiturate groups is 1. The lowest BCUT2D eigenvalue weighted by atomic mass is 10.1. The van der Waals surface area contributed by atoms with Gasteiger partial charge in [-0.25, -0.2) is 9.69 Å². The number of amides is 4. The van der Waals surface area contributed by atoms with E-state index in [0.717, 1.165) is 16.0 Å². The van der Waals surface area contributed by atoms with Crippen LogP contribution in [0.25, 0.3) is 6.08 Å². The average Bonchev–Trinajstić information content (AvgIpc) is 2.63. The highest BCUT2D eigenvalue weighted by Crippen LogP contribution is 2.35. The van der Waals surface area contributed by atoms with E-state index in [4.69, 9.17) is 27.9 Å². The van der Waals surface area contributed by atoms with Crippen molar-refractivity contribution in [1.29, 1.82) is 0 Å². The normalized spacial score (nSPS) is 15.4. The van der Waals surface area contributed by atoms with Crippen LogP contribution in [-0.4, -0.2) is 24.5 Å². The smallest absolute Gasteiger partial charge is 0.335 e. The Morgan fingerprint density at radius 1 is 1.03 bits per heavy atom. The largest absolute Gasteiger partial charge is 0.486 e. The van der Waals surface area contributed by atoms with Crippen LogP contribution in [-0.2, 0) is 9.59 Å². The van der Waals surface area contributed by atoms with Gasteiger partial charge in [0.25, 0.3) is 11.8 Å². The lowest BCUT2D eigenvalue weighted by Crippen LogP contribution is -2.54. The van der Waals surface area contributed by atoms with Crippen molar-refractivity contribution >= 4 is 52.8 Å². The number of urea groups is 1. The molecule has 0 spiro atoms. The molecule has 154 valence electrons. The molecule has 0 aromatic heterocycles. The van der Waals surface area contributed by atoms with Gasteiger partial charge in [-0.15, -0.1) is 0 Å². The molecule has 0 unspecified atom stereocenters. The standard InChI is InChI=1S/C22H18Cl2N2O4/c1-4-5-30-19-17(23)10-14(11-18(19)24)9-16-20(27)25-22(29)26(21(16)28)15-7-12(2)6-13(3)8-15/h4,6-11H,1,5H2,2-3H3,(H,25,27,29)/b16-9+. The Labute approximate surface area is 183 Å². The predicted octanol–water partition coefficient (Wildman–Crippen LogP) is 4.84. The Balaban J connectivity index is 2.01. The van der Waals surface area contributed by atoms with Crippen molar-refractivity contribution in [1.82, 2.24) is 5.32 Å². The summed E-state index contributed by atoms with van der Waals surface area (Å²) in [5.41, 5.74) is 2.31. The van der Waals surface area contributed by atoms with E-state index >= 15 is 0 Å². The van der Waals surface area contributed by atoms with Crippen LogP contribution >= 0.6 is 23.2 Å². The quantitative estimate of drug-likeness (QED) is 0.406. The highest BCUT2D eigenvalue weighted by atomic mass is 35.5. The van der Waals surface area contributed by atoms with Crippen LogP contribution in [0.2, 0.25) is 10.0 Å². The Morgan fingerprint density at radius 2 is 1.63 bits per heavy atom. The zero-order valence-electron chi connectivity index (χ0n) is 16.3. The number of ether oxygens (including phenoxy) is 1. The molecule has 30 heavy (non-hydrogen) atoms. The molecule has 3 rings (SSSR count). The van der Waals surface area contributed by atoms with E-state index in [1.807, 2.05) is 19.9 Å². The summed E-state index contributed by atoms with van der Waals surface area (Å²) in [4.78, 5) is 38.7. The van der Waals surface area contributed by atoms with Gasteiger partial charge in [0.2, 0.25) is 0 Å². The van der Waals surface area contributed by atoms with E-state index in [1.165, 1.54) is 18.2 Å². The van der Waals surface area contributed by atoms with E-state index in [9.17, 15) is 14.4 Å². The molecule has 1 heterocycles. The first kappa shape index (κ1) is 21.6. The second kappa shape index (κ2) is 8.73. The van der Waals surface area contributed by atoms with Crippen LogP contribution < -0.4 is 15.0 Å². The molecular formula is C22H18Cl2N2O4. The molecule has 1 aliphatic rings.